The van der Waals surface area contributed by atoms with Gasteiger partial charge in [-0.3, -0.25) is 14.3 Å². The van der Waals surface area contributed by atoms with E-state index in [1.807, 2.05) is 62.4 Å². The van der Waals surface area contributed by atoms with Gasteiger partial charge in [-0.05, 0) is 38.1 Å². The highest BCUT2D eigenvalue weighted by Crippen LogP contribution is 2.27. The van der Waals surface area contributed by atoms with Crippen molar-refractivity contribution in [3.63, 3.8) is 0 Å². The second-order valence-electron chi connectivity index (χ2n) is 6.37. The topological polar surface area (TPSA) is 68.4 Å². The summed E-state index contributed by atoms with van der Waals surface area (Å²) < 4.78 is 3.31. The molecule has 1 aliphatic rings. The number of nitrogens with zero attached hydrogens (tertiary/aromatic N) is 3. The lowest BCUT2D eigenvalue weighted by atomic mass is 10.1. The van der Waals surface area contributed by atoms with Crippen LogP contribution in [0.25, 0.3) is 5.69 Å². The number of amides is 1. The molecule has 0 spiro atoms. The molecule has 26 heavy (non-hydrogen) atoms. The number of hydrogen-bond acceptors (Lipinski definition) is 3. The third kappa shape index (κ3) is 2.38. The fourth-order valence-corrected chi connectivity index (χ4v) is 3.17. The Morgan fingerprint density at radius 2 is 1.73 bits per heavy atom. The van der Waals surface area contributed by atoms with Gasteiger partial charge in [0.05, 0.1) is 17.1 Å². The molecule has 0 fully saturated rings. The minimum absolute atomic E-state index is 0.252. The van der Waals surface area contributed by atoms with Crippen molar-refractivity contribution >= 4 is 23.0 Å². The Morgan fingerprint density at radius 3 is 2.46 bits per heavy atom. The summed E-state index contributed by atoms with van der Waals surface area (Å²) in [5.74, 6) is -0.292. The number of carbonyl (C=O) groups is 1. The summed E-state index contributed by atoms with van der Waals surface area (Å²) in [6.45, 7) is 3.78. The van der Waals surface area contributed by atoms with Crippen LogP contribution in [0.2, 0.25) is 0 Å². The number of aryl methyl sites for hydroxylation is 1. The molecule has 0 aliphatic carbocycles. The van der Waals surface area contributed by atoms with Crippen LogP contribution in [0.15, 0.2) is 58.3 Å². The molecule has 130 valence electrons. The maximum Gasteiger partial charge on any atom is 0.297 e. The van der Waals surface area contributed by atoms with E-state index in [2.05, 4.69) is 10.3 Å². The number of aliphatic imine (C=N–C) groups is 1. The van der Waals surface area contributed by atoms with Crippen molar-refractivity contribution in [2.45, 2.75) is 13.8 Å². The third-order valence-electron chi connectivity index (χ3n) is 4.64. The standard InChI is InChI=1S/C20H18N4O2/c1-12-9-10-16-15(11-12)18(19(25)21-16)22-17-13(2)23(3)24(20(17)26)14-7-5-4-6-8-14/h4-11H,1-3H3,(H,21,22,25). The molecule has 0 bridgehead atoms. The van der Waals surface area contributed by atoms with Crippen molar-refractivity contribution in [3.05, 3.63) is 75.7 Å². The summed E-state index contributed by atoms with van der Waals surface area (Å²) in [6, 6.07) is 15.0. The molecule has 1 aromatic heterocycles. The van der Waals surface area contributed by atoms with Crippen molar-refractivity contribution < 1.29 is 4.79 Å². The van der Waals surface area contributed by atoms with Gasteiger partial charge in [-0.15, -0.1) is 0 Å². The van der Waals surface area contributed by atoms with Crippen molar-refractivity contribution in [2.75, 3.05) is 5.32 Å². The Bertz CT molecular complexity index is 1120. The highest BCUT2D eigenvalue weighted by Gasteiger charge is 2.27. The highest BCUT2D eigenvalue weighted by molar-refractivity contribution is 6.54. The number of hydrogen-bond donors (Lipinski definition) is 1. The minimum Gasteiger partial charge on any atom is -0.320 e. The van der Waals surface area contributed by atoms with Crippen molar-refractivity contribution in [3.8, 4) is 5.69 Å². The molecule has 0 saturated heterocycles. The average molecular weight is 346 g/mol. The summed E-state index contributed by atoms with van der Waals surface area (Å²) in [5, 5.41) is 2.80. The maximum absolute atomic E-state index is 13.0. The summed E-state index contributed by atoms with van der Waals surface area (Å²) in [7, 11) is 1.81. The normalized spacial score (nSPS) is 14.6. The summed E-state index contributed by atoms with van der Waals surface area (Å²) in [4.78, 5) is 29.8. The van der Waals surface area contributed by atoms with Crippen LogP contribution in [-0.2, 0) is 11.8 Å². The van der Waals surface area contributed by atoms with Crippen LogP contribution in [0.4, 0.5) is 11.4 Å². The Kier molecular flexibility index (Phi) is 3.61. The molecule has 2 aromatic carbocycles. The van der Waals surface area contributed by atoms with E-state index in [1.165, 1.54) is 0 Å². The van der Waals surface area contributed by atoms with E-state index in [4.69, 9.17) is 0 Å². The molecule has 0 atom stereocenters. The van der Waals surface area contributed by atoms with Crippen molar-refractivity contribution in [2.24, 2.45) is 12.0 Å². The van der Waals surface area contributed by atoms with Gasteiger partial charge in [-0.25, -0.2) is 9.67 Å². The predicted octanol–water partition coefficient (Wildman–Crippen LogP) is 2.87. The first kappa shape index (κ1) is 16.1. The number of para-hydroxylation sites is 1. The van der Waals surface area contributed by atoms with Gasteiger partial charge in [0.15, 0.2) is 5.69 Å². The van der Waals surface area contributed by atoms with E-state index in [0.29, 0.717) is 5.69 Å². The van der Waals surface area contributed by atoms with Gasteiger partial charge in [-0.1, -0.05) is 29.8 Å². The second-order valence-corrected chi connectivity index (χ2v) is 6.37. The molecular weight excluding hydrogens is 328 g/mol. The van der Waals surface area contributed by atoms with E-state index >= 15 is 0 Å². The van der Waals surface area contributed by atoms with Crippen LogP contribution in [0, 0.1) is 13.8 Å². The molecule has 3 aromatic rings. The molecule has 6 heteroatoms. The monoisotopic (exact) mass is 346 g/mol. The number of benzene rings is 2. The van der Waals surface area contributed by atoms with Gasteiger partial charge >= 0.3 is 0 Å². The van der Waals surface area contributed by atoms with Crippen LogP contribution in [-0.4, -0.2) is 21.0 Å². The Labute approximate surface area is 150 Å². The largest absolute Gasteiger partial charge is 0.320 e. The number of aromatic nitrogens is 2. The first-order valence-electron chi connectivity index (χ1n) is 8.32. The minimum atomic E-state index is -0.292. The fourth-order valence-electron chi connectivity index (χ4n) is 3.17. The number of nitrogens with one attached hydrogen (secondary N) is 1. The van der Waals surface area contributed by atoms with Crippen LogP contribution < -0.4 is 10.9 Å². The maximum atomic E-state index is 13.0. The van der Waals surface area contributed by atoms with E-state index in [1.54, 1.807) is 16.4 Å². The number of anilines is 1. The number of fused-ring (bicyclic) bond motifs is 1. The molecule has 0 radical (unpaired) electrons. The SMILES string of the molecule is Cc1ccc2c(c1)C(=Nc1c(C)n(C)n(-c3ccccc3)c1=O)C(=O)N2. The van der Waals surface area contributed by atoms with E-state index < -0.39 is 0 Å². The second kappa shape index (κ2) is 5.84. The fraction of sp³-hybridized carbons (Fsp3) is 0.150. The lowest BCUT2D eigenvalue weighted by Gasteiger charge is -2.07. The molecule has 0 saturated carbocycles. The quantitative estimate of drug-likeness (QED) is 0.775. The molecular formula is C20H18N4O2. The van der Waals surface area contributed by atoms with Crippen LogP contribution in [0.3, 0.4) is 0 Å². The first-order chi connectivity index (χ1) is 12.5. The third-order valence-corrected chi connectivity index (χ3v) is 4.64. The zero-order chi connectivity index (χ0) is 18.4. The molecule has 0 unspecified atom stereocenters. The van der Waals surface area contributed by atoms with Gasteiger partial charge in [0, 0.05) is 12.6 Å². The molecule has 1 N–H and O–H groups in total. The molecule has 2 heterocycles. The van der Waals surface area contributed by atoms with Crippen molar-refractivity contribution in [1.29, 1.82) is 0 Å². The van der Waals surface area contributed by atoms with Crippen LogP contribution in [0.5, 0.6) is 0 Å². The van der Waals surface area contributed by atoms with E-state index in [0.717, 1.165) is 22.5 Å². The summed E-state index contributed by atoms with van der Waals surface area (Å²) in [6.07, 6.45) is 0. The van der Waals surface area contributed by atoms with Gasteiger partial charge in [0.2, 0.25) is 0 Å². The van der Waals surface area contributed by atoms with E-state index in [-0.39, 0.29) is 22.9 Å². The summed E-state index contributed by atoms with van der Waals surface area (Å²) >= 11 is 0. The average Bonchev–Trinajstić information content (AvgIpc) is 3.04. The Balaban J connectivity index is 1.92. The Morgan fingerprint density at radius 1 is 1.00 bits per heavy atom. The molecule has 1 aliphatic heterocycles. The van der Waals surface area contributed by atoms with Gasteiger partial charge in [0.1, 0.15) is 5.71 Å². The predicted molar refractivity (Wildman–Crippen MR) is 102 cm³/mol. The van der Waals surface area contributed by atoms with Crippen molar-refractivity contribution in [1.82, 2.24) is 9.36 Å². The molecule has 1 amide bonds. The van der Waals surface area contributed by atoms with Crippen LogP contribution in [0.1, 0.15) is 16.8 Å². The zero-order valence-corrected chi connectivity index (χ0v) is 14.8. The van der Waals surface area contributed by atoms with Gasteiger partial charge in [0.25, 0.3) is 11.5 Å². The molecule has 4 rings (SSSR count). The highest BCUT2D eigenvalue weighted by atomic mass is 16.2. The summed E-state index contributed by atoms with van der Waals surface area (Å²) in [5.41, 5.74) is 4.21. The van der Waals surface area contributed by atoms with Gasteiger partial charge in [-0.2, -0.15) is 0 Å². The zero-order valence-electron chi connectivity index (χ0n) is 14.8. The number of carbonyl (C=O) groups excluding carboxylic acids is 1. The van der Waals surface area contributed by atoms with Crippen LogP contribution >= 0.6 is 0 Å². The van der Waals surface area contributed by atoms with Gasteiger partial charge < -0.3 is 5.32 Å². The Hall–Kier alpha value is -3.41. The first-order valence-corrected chi connectivity index (χ1v) is 8.32. The lowest BCUT2D eigenvalue weighted by Crippen LogP contribution is -2.20. The van der Waals surface area contributed by atoms with E-state index in [9.17, 15) is 9.59 Å². The molecule has 6 nitrogen and oxygen atoms in total. The lowest BCUT2D eigenvalue weighted by molar-refractivity contribution is -0.110. The number of rotatable bonds is 2. The smallest absolute Gasteiger partial charge is 0.297 e.